The van der Waals surface area contributed by atoms with Crippen LogP contribution in [0.4, 0.5) is 0 Å². The molecule has 0 saturated heterocycles. The van der Waals surface area contributed by atoms with E-state index in [-0.39, 0.29) is 0 Å². The van der Waals surface area contributed by atoms with Crippen molar-refractivity contribution in [3.63, 3.8) is 0 Å². The second kappa shape index (κ2) is 5.87. The minimum absolute atomic E-state index is 0.736. The molecule has 1 aromatic heterocycles. The average molecular weight is 364 g/mol. The molecule has 96 valence electrons. The molecule has 4 heteroatoms. The molecule has 1 atom stereocenters. The Bertz CT molecular complexity index is 383. The molecule has 0 spiro atoms. The Morgan fingerprint density at radius 1 is 1.47 bits per heavy atom. The first-order chi connectivity index (χ1) is 8.13. The third-order valence-electron chi connectivity index (χ3n) is 3.48. The molecular formula is C13H20Br2N2. The molecule has 0 radical (unpaired) electrons. The van der Waals surface area contributed by atoms with Gasteiger partial charge < -0.3 is 0 Å². The summed E-state index contributed by atoms with van der Waals surface area (Å²) < 4.78 is 3.33. The van der Waals surface area contributed by atoms with Crippen LogP contribution in [-0.2, 0) is 13.0 Å². The largest absolute Gasteiger partial charge is 0.268 e. The van der Waals surface area contributed by atoms with Crippen molar-refractivity contribution < 1.29 is 0 Å². The maximum Gasteiger partial charge on any atom is 0.0738 e. The molecule has 2 rings (SSSR count). The van der Waals surface area contributed by atoms with Gasteiger partial charge >= 0.3 is 0 Å². The SMILES string of the molecule is CCn1nc(C)c(Br)c1CCCC(Br)C1CC1. The molecule has 2 nitrogen and oxygen atoms in total. The van der Waals surface area contributed by atoms with Crippen LogP contribution in [0.1, 0.15) is 44.0 Å². The van der Waals surface area contributed by atoms with Crippen molar-refractivity contribution in [3.05, 3.63) is 15.9 Å². The molecule has 1 unspecified atom stereocenters. The van der Waals surface area contributed by atoms with Crippen molar-refractivity contribution in [3.8, 4) is 0 Å². The number of hydrogen-bond donors (Lipinski definition) is 0. The summed E-state index contributed by atoms with van der Waals surface area (Å²) in [6, 6.07) is 0. The number of rotatable bonds is 6. The Labute approximate surface area is 120 Å². The molecule has 17 heavy (non-hydrogen) atoms. The van der Waals surface area contributed by atoms with Crippen LogP contribution in [-0.4, -0.2) is 14.6 Å². The first-order valence-electron chi connectivity index (χ1n) is 6.49. The lowest BCUT2D eigenvalue weighted by atomic mass is 10.1. The van der Waals surface area contributed by atoms with Crippen LogP contribution in [0, 0.1) is 12.8 Å². The number of halogens is 2. The first kappa shape index (κ1) is 13.6. The minimum atomic E-state index is 0.736. The molecule has 1 aliphatic rings. The maximum atomic E-state index is 4.53. The Hall–Kier alpha value is 0.170. The van der Waals surface area contributed by atoms with Crippen molar-refractivity contribution in [1.82, 2.24) is 9.78 Å². The van der Waals surface area contributed by atoms with E-state index in [9.17, 15) is 0 Å². The number of aromatic nitrogens is 2. The highest BCUT2D eigenvalue weighted by Crippen LogP contribution is 2.39. The highest BCUT2D eigenvalue weighted by atomic mass is 79.9. The number of hydrogen-bond acceptors (Lipinski definition) is 1. The monoisotopic (exact) mass is 362 g/mol. The van der Waals surface area contributed by atoms with Gasteiger partial charge in [0.05, 0.1) is 15.9 Å². The smallest absolute Gasteiger partial charge is 0.0738 e. The van der Waals surface area contributed by atoms with Gasteiger partial charge in [0.15, 0.2) is 0 Å². The first-order valence-corrected chi connectivity index (χ1v) is 8.20. The fraction of sp³-hybridized carbons (Fsp3) is 0.769. The second-order valence-electron chi connectivity index (χ2n) is 4.91. The zero-order chi connectivity index (χ0) is 12.4. The summed E-state index contributed by atoms with van der Waals surface area (Å²) in [5.41, 5.74) is 2.47. The van der Waals surface area contributed by atoms with Crippen molar-refractivity contribution in [2.24, 2.45) is 5.92 Å². The summed E-state index contributed by atoms with van der Waals surface area (Å²) in [6.07, 6.45) is 6.50. The Balaban J connectivity index is 1.88. The molecule has 1 aromatic rings. The fourth-order valence-corrected chi connectivity index (χ4v) is 3.60. The molecule has 1 aliphatic carbocycles. The van der Waals surface area contributed by atoms with Crippen LogP contribution in [0.2, 0.25) is 0 Å². The molecule has 0 bridgehead atoms. The third-order valence-corrected chi connectivity index (χ3v) is 5.72. The summed E-state index contributed by atoms with van der Waals surface area (Å²) in [4.78, 5) is 0.736. The summed E-state index contributed by atoms with van der Waals surface area (Å²) >= 11 is 7.46. The van der Waals surface area contributed by atoms with Crippen molar-refractivity contribution in [2.75, 3.05) is 0 Å². The predicted molar refractivity (Wildman–Crippen MR) is 78.7 cm³/mol. The van der Waals surface area contributed by atoms with Gasteiger partial charge in [0, 0.05) is 11.4 Å². The van der Waals surface area contributed by atoms with Gasteiger partial charge in [-0.15, -0.1) is 0 Å². The summed E-state index contributed by atoms with van der Waals surface area (Å²) in [6.45, 7) is 5.18. The third kappa shape index (κ3) is 3.34. The van der Waals surface area contributed by atoms with Gasteiger partial charge in [0.2, 0.25) is 0 Å². The van der Waals surface area contributed by atoms with Crippen LogP contribution in [0.3, 0.4) is 0 Å². The van der Waals surface area contributed by atoms with E-state index < -0.39 is 0 Å². The highest BCUT2D eigenvalue weighted by Gasteiger charge is 2.28. The van der Waals surface area contributed by atoms with Crippen molar-refractivity contribution in [1.29, 1.82) is 0 Å². The van der Waals surface area contributed by atoms with E-state index in [1.54, 1.807) is 0 Å². The quantitative estimate of drug-likeness (QED) is 0.681. The molecule has 1 saturated carbocycles. The summed E-state index contributed by atoms with van der Waals surface area (Å²) in [7, 11) is 0. The number of aryl methyl sites for hydroxylation is 2. The van der Waals surface area contributed by atoms with E-state index in [2.05, 4.69) is 55.5 Å². The van der Waals surface area contributed by atoms with E-state index in [0.29, 0.717) is 0 Å². The van der Waals surface area contributed by atoms with Crippen LogP contribution in [0.25, 0.3) is 0 Å². The molecule has 0 amide bonds. The van der Waals surface area contributed by atoms with Gasteiger partial charge in [-0.3, -0.25) is 4.68 Å². The zero-order valence-electron chi connectivity index (χ0n) is 10.5. The molecule has 1 fully saturated rings. The molecule has 0 aromatic carbocycles. The molecule has 0 aliphatic heterocycles. The standard InChI is InChI=1S/C13H20Br2N2/c1-3-17-12(13(15)9(2)16-17)6-4-5-11(14)10-7-8-10/h10-11H,3-8H2,1-2H3. The van der Waals surface area contributed by atoms with E-state index in [1.165, 1.54) is 35.8 Å². The van der Waals surface area contributed by atoms with E-state index in [1.807, 2.05) is 0 Å². The molecule has 0 N–H and O–H groups in total. The normalized spacial score (nSPS) is 17.4. The van der Waals surface area contributed by atoms with Crippen LogP contribution < -0.4 is 0 Å². The Morgan fingerprint density at radius 2 is 2.18 bits per heavy atom. The predicted octanol–water partition coefficient (Wildman–Crippen LogP) is 4.47. The van der Waals surface area contributed by atoms with Crippen LogP contribution in [0.5, 0.6) is 0 Å². The number of nitrogens with zero attached hydrogens (tertiary/aromatic N) is 2. The number of alkyl halides is 1. The molecular weight excluding hydrogens is 344 g/mol. The topological polar surface area (TPSA) is 17.8 Å². The van der Waals surface area contributed by atoms with Crippen LogP contribution >= 0.6 is 31.9 Å². The van der Waals surface area contributed by atoms with Gasteiger partial charge in [-0.2, -0.15) is 5.10 Å². The Morgan fingerprint density at radius 3 is 2.76 bits per heavy atom. The van der Waals surface area contributed by atoms with Gasteiger partial charge in [0.25, 0.3) is 0 Å². The van der Waals surface area contributed by atoms with E-state index in [4.69, 9.17) is 0 Å². The second-order valence-corrected chi connectivity index (χ2v) is 6.88. The van der Waals surface area contributed by atoms with Crippen molar-refractivity contribution in [2.45, 2.75) is 57.3 Å². The van der Waals surface area contributed by atoms with E-state index >= 15 is 0 Å². The van der Waals surface area contributed by atoms with Crippen molar-refractivity contribution >= 4 is 31.9 Å². The van der Waals surface area contributed by atoms with Gasteiger partial charge in [-0.1, -0.05) is 15.9 Å². The van der Waals surface area contributed by atoms with Crippen LogP contribution in [0.15, 0.2) is 4.47 Å². The maximum absolute atomic E-state index is 4.53. The van der Waals surface area contributed by atoms with Gasteiger partial charge in [0.1, 0.15) is 0 Å². The zero-order valence-corrected chi connectivity index (χ0v) is 13.7. The van der Waals surface area contributed by atoms with Gasteiger partial charge in [-0.25, -0.2) is 0 Å². The Kier molecular flexibility index (Phi) is 4.70. The lowest BCUT2D eigenvalue weighted by Gasteiger charge is -2.09. The molecule has 1 heterocycles. The lowest BCUT2D eigenvalue weighted by molar-refractivity contribution is 0.585. The van der Waals surface area contributed by atoms with E-state index in [0.717, 1.165) is 29.4 Å². The summed E-state index contributed by atoms with van der Waals surface area (Å²) in [5.74, 6) is 0.955. The fourth-order valence-electron chi connectivity index (χ4n) is 2.27. The lowest BCUT2D eigenvalue weighted by Crippen LogP contribution is -2.05. The average Bonchev–Trinajstić information content (AvgIpc) is 3.11. The summed E-state index contributed by atoms with van der Waals surface area (Å²) in [5, 5.41) is 4.53. The minimum Gasteiger partial charge on any atom is -0.268 e. The van der Waals surface area contributed by atoms with Gasteiger partial charge in [-0.05, 0) is 67.8 Å². The highest BCUT2D eigenvalue weighted by molar-refractivity contribution is 9.10.